The monoisotopic (exact) mass is 663 g/mol. The molecule has 0 saturated heterocycles. The van der Waals surface area contributed by atoms with Crippen molar-refractivity contribution in [2.75, 3.05) is 17.5 Å². The molecule has 2 amide bonds. The van der Waals surface area contributed by atoms with Crippen LogP contribution >= 0.6 is 23.2 Å². The highest BCUT2D eigenvalue weighted by atomic mass is 35.5. The summed E-state index contributed by atoms with van der Waals surface area (Å²) in [6.45, 7) is 3.14. The van der Waals surface area contributed by atoms with Gasteiger partial charge in [-0.15, -0.1) is 0 Å². The summed E-state index contributed by atoms with van der Waals surface area (Å²) in [5, 5.41) is 3.77. The van der Waals surface area contributed by atoms with Crippen molar-refractivity contribution in [3.63, 3.8) is 0 Å². The molecule has 0 bridgehead atoms. The van der Waals surface area contributed by atoms with Crippen LogP contribution in [0.4, 0.5) is 10.1 Å². The Bertz CT molecular complexity index is 1550. The first-order valence-corrected chi connectivity index (χ1v) is 16.7. The maximum absolute atomic E-state index is 14.1. The largest absolute Gasteiger partial charge is 0.494 e. The zero-order chi connectivity index (χ0) is 31.9. The fraction of sp³-hybridized carbons (Fsp3) is 0.375. The maximum Gasteiger partial charge on any atom is 0.264 e. The van der Waals surface area contributed by atoms with Gasteiger partial charge < -0.3 is 15.0 Å². The van der Waals surface area contributed by atoms with Crippen LogP contribution in [-0.4, -0.2) is 50.4 Å². The van der Waals surface area contributed by atoms with Gasteiger partial charge in [0, 0.05) is 22.6 Å². The van der Waals surface area contributed by atoms with Crippen molar-refractivity contribution in [2.24, 2.45) is 0 Å². The zero-order valence-electron chi connectivity index (χ0n) is 24.6. The molecule has 0 radical (unpaired) electrons. The summed E-state index contributed by atoms with van der Waals surface area (Å²) >= 11 is 12.5. The summed E-state index contributed by atoms with van der Waals surface area (Å²) in [5.74, 6) is -1.06. The molecule has 1 N–H and O–H groups in total. The van der Waals surface area contributed by atoms with E-state index in [0.29, 0.717) is 28.0 Å². The zero-order valence-corrected chi connectivity index (χ0v) is 27.0. The summed E-state index contributed by atoms with van der Waals surface area (Å²) in [7, 11) is -4.35. The van der Waals surface area contributed by atoms with Gasteiger partial charge in [0.05, 0.1) is 17.2 Å². The van der Waals surface area contributed by atoms with Gasteiger partial charge in [0.15, 0.2) is 0 Å². The number of hydrogen-bond donors (Lipinski definition) is 1. The number of hydrogen-bond acceptors (Lipinski definition) is 5. The topological polar surface area (TPSA) is 96.0 Å². The van der Waals surface area contributed by atoms with E-state index in [1.807, 2.05) is 6.92 Å². The highest BCUT2D eigenvalue weighted by Crippen LogP contribution is 2.28. The molecule has 3 aromatic rings. The molecule has 1 saturated carbocycles. The second kappa shape index (κ2) is 15.1. The first-order valence-electron chi connectivity index (χ1n) is 14.5. The van der Waals surface area contributed by atoms with Crippen LogP contribution in [0, 0.1) is 5.82 Å². The van der Waals surface area contributed by atoms with E-state index in [-0.39, 0.29) is 29.1 Å². The molecule has 236 valence electrons. The van der Waals surface area contributed by atoms with Crippen molar-refractivity contribution in [1.82, 2.24) is 10.2 Å². The van der Waals surface area contributed by atoms with Crippen LogP contribution in [-0.2, 0) is 26.2 Å². The maximum atomic E-state index is 14.1. The Hall–Kier alpha value is -3.34. The number of nitrogens with one attached hydrogen (secondary N) is 1. The quantitative estimate of drug-likeness (QED) is 0.236. The normalized spacial score (nSPS) is 14.5. The molecule has 1 fully saturated rings. The molecule has 0 heterocycles. The van der Waals surface area contributed by atoms with Crippen LogP contribution in [0.25, 0.3) is 0 Å². The molecule has 1 aliphatic carbocycles. The average Bonchev–Trinajstić information content (AvgIpc) is 3.00. The van der Waals surface area contributed by atoms with E-state index in [4.69, 9.17) is 27.9 Å². The average molecular weight is 665 g/mol. The van der Waals surface area contributed by atoms with E-state index in [9.17, 15) is 22.4 Å². The number of anilines is 1. The smallest absolute Gasteiger partial charge is 0.264 e. The van der Waals surface area contributed by atoms with Gasteiger partial charge in [-0.25, -0.2) is 12.8 Å². The Balaban J connectivity index is 1.70. The standard InChI is InChI=1S/C32H36Cl2FN3O5S/c1-3-43-28-15-13-27(14-16-28)38(44(41,42)29-17-11-25(35)12-18-29)21-31(39)37(20-23-9-10-24(33)19-30(23)34)22(2)32(40)36-26-7-5-4-6-8-26/h9-19,22,26H,3-8,20-21H2,1-2H3,(H,36,40)/t22-/m0/s1. The fourth-order valence-corrected chi connectivity index (χ4v) is 7.01. The molecule has 0 unspecified atom stereocenters. The predicted octanol–water partition coefficient (Wildman–Crippen LogP) is 6.59. The number of carbonyl (C=O) groups is 2. The molecule has 0 aliphatic heterocycles. The lowest BCUT2D eigenvalue weighted by Crippen LogP contribution is -2.53. The summed E-state index contributed by atoms with van der Waals surface area (Å²) in [4.78, 5) is 28.7. The van der Waals surface area contributed by atoms with Gasteiger partial charge >= 0.3 is 0 Å². The minimum atomic E-state index is -4.35. The lowest BCUT2D eigenvalue weighted by Gasteiger charge is -2.33. The first-order chi connectivity index (χ1) is 21.0. The van der Waals surface area contributed by atoms with E-state index in [1.165, 1.54) is 17.0 Å². The lowest BCUT2D eigenvalue weighted by atomic mass is 9.95. The van der Waals surface area contributed by atoms with Gasteiger partial charge in [-0.2, -0.15) is 0 Å². The predicted molar refractivity (Wildman–Crippen MR) is 170 cm³/mol. The minimum Gasteiger partial charge on any atom is -0.494 e. The Morgan fingerprint density at radius 2 is 1.66 bits per heavy atom. The number of ether oxygens (including phenoxy) is 1. The van der Waals surface area contributed by atoms with Gasteiger partial charge in [-0.1, -0.05) is 48.5 Å². The Morgan fingerprint density at radius 1 is 1.00 bits per heavy atom. The van der Waals surface area contributed by atoms with Gasteiger partial charge in [0.1, 0.15) is 24.2 Å². The minimum absolute atomic E-state index is 0.00831. The molecular weight excluding hydrogens is 628 g/mol. The van der Waals surface area contributed by atoms with E-state index in [2.05, 4.69) is 5.32 Å². The molecule has 0 aromatic heterocycles. The molecule has 1 aliphatic rings. The van der Waals surface area contributed by atoms with Crippen molar-refractivity contribution in [3.8, 4) is 5.75 Å². The van der Waals surface area contributed by atoms with Crippen LogP contribution < -0.4 is 14.4 Å². The Kier molecular flexibility index (Phi) is 11.5. The first kappa shape index (κ1) is 33.6. The fourth-order valence-electron chi connectivity index (χ4n) is 5.12. The highest BCUT2D eigenvalue weighted by Gasteiger charge is 2.33. The third-order valence-corrected chi connectivity index (χ3v) is 9.97. The third-order valence-electron chi connectivity index (χ3n) is 7.59. The number of amides is 2. The SMILES string of the molecule is CCOc1ccc(N(CC(=O)N(Cc2ccc(Cl)cc2Cl)[C@@H](C)C(=O)NC2CCCCC2)S(=O)(=O)c2ccc(F)cc2)cc1. The van der Waals surface area contributed by atoms with Crippen molar-refractivity contribution in [3.05, 3.63) is 88.2 Å². The highest BCUT2D eigenvalue weighted by molar-refractivity contribution is 7.92. The number of halogens is 3. The van der Waals surface area contributed by atoms with E-state index < -0.39 is 34.3 Å². The number of nitrogens with zero attached hydrogens (tertiary/aromatic N) is 2. The summed E-state index contributed by atoms with van der Waals surface area (Å²) < 4.78 is 48.0. The summed E-state index contributed by atoms with van der Waals surface area (Å²) in [6, 6.07) is 14.5. The Morgan fingerprint density at radius 3 is 2.27 bits per heavy atom. The van der Waals surface area contributed by atoms with E-state index >= 15 is 0 Å². The molecule has 12 heteroatoms. The molecule has 1 atom stereocenters. The molecule has 3 aromatic carbocycles. The van der Waals surface area contributed by atoms with Crippen molar-refractivity contribution in [2.45, 2.75) is 69.5 Å². The van der Waals surface area contributed by atoms with E-state index in [1.54, 1.807) is 37.3 Å². The number of sulfonamides is 1. The molecule has 0 spiro atoms. The van der Waals surface area contributed by atoms with Crippen molar-refractivity contribution >= 4 is 50.7 Å². The summed E-state index contributed by atoms with van der Waals surface area (Å²) in [6.07, 6.45) is 4.86. The number of benzene rings is 3. The Labute approximate surface area is 268 Å². The van der Waals surface area contributed by atoms with Crippen LogP contribution in [0.15, 0.2) is 71.6 Å². The second-order valence-corrected chi connectivity index (χ2v) is 13.4. The van der Waals surface area contributed by atoms with Crippen LogP contribution in [0.3, 0.4) is 0 Å². The van der Waals surface area contributed by atoms with Gasteiger partial charge in [0.25, 0.3) is 10.0 Å². The van der Waals surface area contributed by atoms with Crippen LogP contribution in [0.5, 0.6) is 5.75 Å². The lowest BCUT2D eigenvalue weighted by molar-refractivity contribution is -0.139. The molecule has 4 rings (SSSR count). The van der Waals surface area contributed by atoms with Gasteiger partial charge in [0.2, 0.25) is 11.8 Å². The molecule has 8 nitrogen and oxygen atoms in total. The van der Waals surface area contributed by atoms with Gasteiger partial charge in [-0.05, 0) is 92.9 Å². The van der Waals surface area contributed by atoms with Gasteiger partial charge in [-0.3, -0.25) is 13.9 Å². The second-order valence-electron chi connectivity index (χ2n) is 10.7. The summed E-state index contributed by atoms with van der Waals surface area (Å²) in [5.41, 5.74) is 0.727. The third kappa shape index (κ3) is 8.43. The molecular formula is C32H36Cl2FN3O5S. The van der Waals surface area contributed by atoms with Crippen LogP contribution in [0.2, 0.25) is 10.0 Å². The number of carbonyl (C=O) groups excluding carboxylic acids is 2. The molecule has 44 heavy (non-hydrogen) atoms. The number of rotatable bonds is 12. The van der Waals surface area contributed by atoms with Crippen LogP contribution in [0.1, 0.15) is 51.5 Å². The van der Waals surface area contributed by atoms with Crippen molar-refractivity contribution in [1.29, 1.82) is 0 Å². The van der Waals surface area contributed by atoms with Crippen molar-refractivity contribution < 1.29 is 27.1 Å². The van der Waals surface area contributed by atoms with E-state index in [0.717, 1.165) is 60.7 Å².